The van der Waals surface area contributed by atoms with E-state index >= 15 is 0 Å². The topological polar surface area (TPSA) is 95.6 Å². The van der Waals surface area contributed by atoms with Crippen LogP contribution in [0.5, 0.6) is 0 Å². The van der Waals surface area contributed by atoms with Gasteiger partial charge in [-0.05, 0) is 67.4 Å². The van der Waals surface area contributed by atoms with Gasteiger partial charge in [0, 0.05) is 34.6 Å². The molecule has 2 aromatic carbocycles. The van der Waals surface area contributed by atoms with Crippen molar-refractivity contribution in [3.05, 3.63) is 117 Å². The highest BCUT2D eigenvalue weighted by molar-refractivity contribution is 6.30. The fourth-order valence-electron chi connectivity index (χ4n) is 4.73. The first-order chi connectivity index (χ1) is 20.8. The second-order valence-corrected chi connectivity index (χ2v) is 10.3. The second-order valence-electron chi connectivity index (χ2n) is 9.86. The molecule has 7 rings (SSSR count). The van der Waals surface area contributed by atoms with E-state index in [1.807, 2.05) is 22.8 Å². The van der Waals surface area contributed by atoms with E-state index in [1.54, 1.807) is 36.7 Å². The van der Waals surface area contributed by atoms with Crippen molar-refractivity contribution in [2.24, 2.45) is 0 Å². The minimum atomic E-state index is -2.70. The maximum atomic E-state index is 13.0. The van der Waals surface area contributed by atoms with Gasteiger partial charge >= 0.3 is 0 Å². The van der Waals surface area contributed by atoms with E-state index in [9.17, 15) is 22.8 Å². The van der Waals surface area contributed by atoms with Crippen molar-refractivity contribution >= 4 is 33.8 Å². The van der Waals surface area contributed by atoms with Gasteiger partial charge in [-0.25, -0.2) is 28.1 Å². The molecule has 4 aromatic heterocycles. The number of pyridine rings is 2. The highest BCUT2D eigenvalue weighted by atomic mass is 35.5. The van der Waals surface area contributed by atoms with Gasteiger partial charge in [0.25, 0.3) is 17.5 Å². The van der Waals surface area contributed by atoms with Gasteiger partial charge in [0.1, 0.15) is 28.2 Å². The molecule has 0 spiro atoms. The third kappa shape index (κ3) is 5.89. The van der Waals surface area contributed by atoms with Gasteiger partial charge in [-0.2, -0.15) is 0 Å². The van der Waals surface area contributed by atoms with E-state index in [0.717, 1.165) is 34.0 Å². The molecule has 0 aliphatic heterocycles. The molecule has 1 aliphatic rings. The fourth-order valence-corrected chi connectivity index (χ4v) is 4.86. The number of hydrogen-bond acceptors (Lipinski definition) is 6. The van der Waals surface area contributed by atoms with Crippen molar-refractivity contribution in [1.82, 2.24) is 29.1 Å². The van der Waals surface area contributed by atoms with Crippen LogP contribution in [0.2, 0.25) is 5.02 Å². The number of hydrogen-bond donors (Lipinski definition) is 0. The third-order valence-corrected chi connectivity index (χ3v) is 7.11. The van der Waals surface area contributed by atoms with Crippen LogP contribution in [0.15, 0.2) is 94.9 Å². The summed E-state index contributed by atoms with van der Waals surface area (Å²) >= 11 is 5.91. The van der Waals surface area contributed by atoms with E-state index in [4.69, 9.17) is 11.6 Å². The lowest BCUT2D eigenvalue weighted by molar-refractivity contribution is 0.126. The van der Waals surface area contributed by atoms with Crippen LogP contribution in [-0.2, 0) is 6.54 Å². The Morgan fingerprint density at radius 2 is 1.49 bits per heavy atom. The molecule has 8 nitrogen and oxygen atoms in total. The first-order valence-corrected chi connectivity index (χ1v) is 13.7. The van der Waals surface area contributed by atoms with Gasteiger partial charge in [0.15, 0.2) is 5.65 Å². The average molecular weight is 603 g/mol. The monoisotopic (exact) mass is 602 g/mol. The standard InChI is InChI=1S/C16H12ClN3O.C15H10F3N3O/c17-11-3-1-10(2-4-11)15-16(21)20(12-5-6-12)14-7-8-18-9-13(14)19-15;16-10-5-3-9(4-6-10)13-15(22)21(8-12(17)18)14-11(20-13)2-1-7-19-14/h1-4,7-9,12H,5-6H2;1-7,12H,8H2. The molecule has 1 saturated carbocycles. The third-order valence-electron chi connectivity index (χ3n) is 6.86. The van der Waals surface area contributed by atoms with E-state index < -0.39 is 24.3 Å². The van der Waals surface area contributed by atoms with Crippen LogP contribution < -0.4 is 11.1 Å². The average Bonchev–Trinajstić information content (AvgIpc) is 3.85. The largest absolute Gasteiger partial charge is 0.302 e. The van der Waals surface area contributed by atoms with Gasteiger partial charge < -0.3 is 4.57 Å². The number of halogens is 4. The minimum absolute atomic E-state index is 0.0128. The molecule has 4 heterocycles. The first kappa shape index (κ1) is 28.2. The Balaban J connectivity index is 0.000000153. The predicted molar refractivity (Wildman–Crippen MR) is 158 cm³/mol. The molecule has 0 radical (unpaired) electrons. The molecular formula is C31H22ClF3N6O2. The quantitative estimate of drug-likeness (QED) is 0.229. The molecule has 1 fully saturated rings. The van der Waals surface area contributed by atoms with E-state index in [2.05, 4.69) is 19.9 Å². The summed E-state index contributed by atoms with van der Waals surface area (Å²) in [4.78, 5) is 42.0. The maximum absolute atomic E-state index is 13.0. The summed E-state index contributed by atoms with van der Waals surface area (Å²) in [7, 11) is 0. The van der Waals surface area contributed by atoms with Gasteiger partial charge in [0.2, 0.25) is 0 Å². The van der Waals surface area contributed by atoms with Crippen LogP contribution in [0, 0.1) is 5.82 Å². The summed E-state index contributed by atoms with van der Waals surface area (Å²) < 4.78 is 41.3. The van der Waals surface area contributed by atoms with Gasteiger partial charge in [0.05, 0.1) is 18.3 Å². The molecule has 0 N–H and O–H groups in total. The Morgan fingerprint density at radius 1 is 0.837 bits per heavy atom. The molecule has 0 amide bonds. The molecule has 0 bridgehead atoms. The van der Waals surface area contributed by atoms with E-state index in [1.165, 1.54) is 30.5 Å². The Morgan fingerprint density at radius 3 is 2.16 bits per heavy atom. The normalized spacial score (nSPS) is 12.9. The van der Waals surface area contributed by atoms with Crippen LogP contribution in [0.4, 0.5) is 13.2 Å². The Kier molecular flexibility index (Phi) is 7.73. The van der Waals surface area contributed by atoms with Crippen LogP contribution in [0.25, 0.3) is 44.7 Å². The van der Waals surface area contributed by atoms with Crippen molar-refractivity contribution < 1.29 is 13.2 Å². The number of fused-ring (bicyclic) bond motifs is 2. The van der Waals surface area contributed by atoms with E-state index in [0.29, 0.717) is 21.8 Å². The van der Waals surface area contributed by atoms with Crippen molar-refractivity contribution in [1.29, 1.82) is 0 Å². The molecule has 0 atom stereocenters. The summed E-state index contributed by atoms with van der Waals surface area (Å²) in [5.41, 5.74) is 2.88. The van der Waals surface area contributed by atoms with Crippen molar-refractivity contribution in [2.45, 2.75) is 31.9 Å². The van der Waals surface area contributed by atoms with Crippen LogP contribution in [0.1, 0.15) is 18.9 Å². The lowest BCUT2D eigenvalue weighted by Gasteiger charge is -2.11. The van der Waals surface area contributed by atoms with Crippen LogP contribution in [0.3, 0.4) is 0 Å². The van der Waals surface area contributed by atoms with Gasteiger partial charge in [-0.1, -0.05) is 23.7 Å². The number of aromatic nitrogens is 6. The second kappa shape index (κ2) is 11.8. The summed E-state index contributed by atoms with van der Waals surface area (Å²) in [6.45, 7) is -0.775. The highest BCUT2D eigenvalue weighted by Gasteiger charge is 2.28. The van der Waals surface area contributed by atoms with Crippen molar-refractivity contribution in [3.63, 3.8) is 0 Å². The minimum Gasteiger partial charge on any atom is -0.302 e. The molecule has 12 heteroatoms. The van der Waals surface area contributed by atoms with E-state index in [-0.39, 0.29) is 22.9 Å². The van der Waals surface area contributed by atoms with Crippen molar-refractivity contribution in [2.75, 3.05) is 0 Å². The highest BCUT2D eigenvalue weighted by Crippen LogP contribution is 2.36. The van der Waals surface area contributed by atoms with Crippen molar-refractivity contribution in [3.8, 4) is 22.5 Å². The zero-order chi connectivity index (χ0) is 30.1. The first-order valence-electron chi connectivity index (χ1n) is 13.3. The number of benzene rings is 2. The maximum Gasteiger partial charge on any atom is 0.278 e. The Labute approximate surface area is 247 Å². The molecule has 1 aliphatic carbocycles. The predicted octanol–water partition coefficient (Wildman–Crippen LogP) is 6.31. The smallest absolute Gasteiger partial charge is 0.278 e. The van der Waals surface area contributed by atoms with Gasteiger partial charge in [-0.15, -0.1) is 0 Å². The van der Waals surface area contributed by atoms with Crippen LogP contribution in [-0.4, -0.2) is 35.5 Å². The SMILES string of the molecule is O=c1c(-c2ccc(Cl)cc2)nc2cnccc2n1C1CC1.O=c1c(-c2ccc(F)cc2)nc2cccnc2n1CC(F)F. The summed E-state index contributed by atoms with van der Waals surface area (Å²) in [6.07, 6.45) is 4.19. The lowest BCUT2D eigenvalue weighted by Crippen LogP contribution is -2.27. The fraction of sp³-hybridized carbons (Fsp3) is 0.161. The summed E-state index contributed by atoms with van der Waals surface area (Å²) in [6, 6.07) is 17.6. The van der Waals surface area contributed by atoms with Gasteiger partial charge in [-0.3, -0.25) is 19.1 Å². The number of nitrogens with zero attached hydrogens (tertiary/aromatic N) is 6. The molecule has 6 aromatic rings. The molecular weight excluding hydrogens is 581 g/mol. The Hall–Kier alpha value is -4.90. The Bertz CT molecular complexity index is 2060. The summed E-state index contributed by atoms with van der Waals surface area (Å²) in [5, 5.41) is 0.642. The summed E-state index contributed by atoms with van der Waals surface area (Å²) in [5.74, 6) is -0.459. The zero-order valence-corrected chi connectivity index (χ0v) is 23.1. The molecule has 0 saturated heterocycles. The number of alkyl halides is 2. The lowest BCUT2D eigenvalue weighted by atomic mass is 10.1. The molecule has 0 unspecified atom stereocenters. The van der Waals surface area contributed by atoms with Crippen LogP contribution >= 0.6 is 11.6 Å². The number of rotatable bonds is 5. The molecule has 43 heavy (non-hydrogen) atoms. The zero-order valence-electron chi connectivity index (χ0n) is 22.4. The molecule has 216 valence electrons.